The Bertz CT molecular complexity index is 459. The molecule has 0 radical (unpaired) electrons. The molecule has 0 unspecified atom stereocenters. The highest BCUT2D eigenvalue weighted by Crippen LogP contribution is 1.99. The molecule has 0 aliphatic heterocycles. The number of rotatable bonds is 4. The van der Waals surface area contributed by atoms with Gasteiger partial charge in [0.1, 0.15) is 5.56 Å². The van der Waals surface area contributed by atoms with Gasteiger partial charge in [-0.1, -0.05) is 0 Å². The third kappa shape index (κ3) is 2.70. The molecule has 16 heavy (non-hydrogen) atoms. The second kappa shape index (κ2) is 5.71. The minimum Gasteiger partial charge on any atom is -0.367 e. The molecule has 1 rings (SSSR count). The number of amides is 1. The lowest BCUT2D eigenvalue weighted by molar-refractivity contribution is 0.0766. The summed E-state index contributed by atoms with van der Waals surface area (Å²) in [4.78, 5) is 27.5. The Morgan fingerprint density at radius 2 is 2.38 bits per heavy atom. The molecule has 0 aromatic carbocycles. The van der Waals surface area contributed by atoms with E-state index in [4.69, 9.17) is 5.26 Å². The van der Waals surface area contributed by atoms with Gasteiger partial charge in [-0.2, -0.15) is 5.26 Å². The number of nitriles is 1. The Labute approximate surface area is 93.3 Å². The fourth-order valence-corrected chi connectivity index (χ4v) is 1.34. The number of aromatic nitrogens is 1. The van der Waals surface area contributed by atoms with E-state index in [-0.39, 0.29) is 23.3 Å². The first-order chi connectivity index (χ1) is 7.70. The predicted molar refractivity (Wildman–Crippen MR) is 58.9 cm³/mol. The Morgan fingerprint density at radius 3 is 2.94 bits per heavy atom. The van der Waals surface area contributed by atoms with Gasteiger partial charge in [-0.15, -0.1) is 0 Å². The smallest absolute Gasteiger partial charge is 0.259 e. The minimum atomic E-state index is -0.334. The Balaban J connectivity index is 2.88. The van der Waals surface area contributed by atoms with E-state index < -0.39 is 0 Å². The maximum absolute atomic E-state index is 11.9. The fraction of sp³-hybridized carbons (Fsp3) is 0.364. The zero-order valence-corrected chi connectivity index (χ0v) is 9.06. The second-order valence-electron chi connectivity index (χ2n) is 3.22. The van der Waals surface area contributed by atoms with Crippen LogP contribution in [0.4, 0.5) is 0 Å². The zero-order chi connectivity index (χ0) is 12.0. The molecule has 0 fully saturated rings. The number of H-pyrrole nitrogens is 1. The zero-order valence-electron chi connectivity index (χ0n) is 9.06. The maximum atomic E-state index is 11.9. The molecule has 0 bridgehead atoms. The van der Waals surface area contributed by atoms with Crippen molar-refractivity contribution >= 4 is 5.91 Å². The normalized spacial score (nSPS) is 9.50. The molecule has 0 atom stereocenters. The van der Waals surface area contributed by atoms with Crippen molar-refractivity contribution in [2.24, 2.45) is 0 Å². The van der Waals surface area contributed by atoms with Crippen LogP contribution < -0.4 is 5.43 Å². The largest absolute Gasteiger partial charge is 0.367 e. The van der Waals surface area contributed by atoms with Crippen molar-refractivity contribution in [2.45, 2.75) is 13.3 Å². The molecule has 1 amide bonds. The van der Waals surface area contributed by atoms with Gasteiger partial charge in [-0.25, -0.2) is 0 Å². The molecule has 0 aliphatic rings. The third-order valence-corrected chi connectivity index (χ3v) is 2.22. The first-order valence-electron chi connectivity index (χ1n) is 5.04. The Kier molecular flexibility index (Phi) is 4.28. The molecule has 0 saturated carbocycles. The van der Waals surface area contributed by atoms with Crippen LogP contribution in [0.2, 0.25) is 0 Å². The number of nitrogens with zero attached hydrogens (tertiary/aromatic N) is 2. The average Bonchev–Trinajstić information content (AvgIpc) is 2.30. The monoisotopic (exact) mass is 219 g/mol. The van der Waals surface area contributed by atoms with E-state index in [0.717, 1.165) is 0 Å². The highest BCUT2D eigenvalue weighted by atomic mass is 16.2. The standard InChI is InChI=1S/C11H13N3O2/c1-2-14(7-3-5-12)11(16)9-8-13-6-4-10(9)15/h4,6,8H,2-3,7H2,1H3,(H,13,15). The lowest BCUT2D eigenvalue weighted by Gasteiger charge is -2.18. The van der Waals surface area contributed by atoms with Gasteiger partial charge in [0, 0.05) is 31.5 Å². The number of hydrogen-bond donors (Lipinski definition) is 1. The number of carbonyl (C=O) groups excluding carboxylic acids is 1. The summed E-state index contributed by atoms with van der Waals surface area (Å²) in [6.45, 7) is 2.64. The summed E-state index contributed by atoms with van der Waals surface area (Å²) in [6.07, 6.45) is 3.13. The van der Waals surface area contributed by atoms with Crippen molar-refractivity contribution in [3.63, 3.8) is 0 Å². The number of pyridine rings is 1. The van der Waals surface area contributed by atoms with Gasteiger partial charge in [0.2, 0.25) is 0 Å². The minimum absolute atomic E-state index is 0.113. The van der Waals surface area contributed by atoms with Crippen LogP contribution in [0, 0.1) is 11.3 Å². The highest BCUT2D eigenvalue weighted by molar-refractivity contribution is 5.93. The highest BCUT2D eigenvalue weighted by Gasteiger charge is 2.16. The van der Waals surface area contributed by atoms with Gasteiger partial charge in [0.15, 0.2) is 5.43 Å². The van der Waals surface area contributed by atoms with Crippen molar-refractivity contribution in [3.8, 4) is 6.07 Å². The molecule has 0 aliphatic carbocycles. The van der Waals surface area contributed by atoms with Gasteiger partial charge < -0.3 is 9.88 Å². The molecule has 0 spiro atoms. The average molecular weight is 219 g/mol. The molecular weight excluding hydrogens is 206 g/mol. The molecule has 1 aromatic heterocycles. The predicted octanol–water partition coefficient (Wildman–Crippen LogP) is 0.751. The summed E-state index contributed by atoms with van der Waals surface area (Å²) >= 11 is 0. The summed E-state index contributed by atoms with van der Waals surface area (Å²) in [6, 6.07) is 3.28. The van der Waals surface area contributed by atoms with Crippen LogP contribution >= 0.6 is 0 Å². The first-order valence-corrected chi connectivity index (χ1v) is 5.04. The van der Waals surface area contributed by atoms with Gasteiger partial charge in [0.05, 0.1) is 12.5 Å². The Morgan fingerprint density at radius 1 is 1.62 bits per heavy atom. The molecule has 5 heteroatoms. The molecule has 1 aromatic rings. The van der Waals surface area contributed by atoms with Gasteiger partial charge in [-0.05, 0) is 6.92 Å². The number of nitrogens with one attached hydrogen (secondary N) is 1. The van der Waals surface area contributed by atoms with E-state index in [9.17, 15) is 9.59 Å². The topological polar surface area (TPSA) is 77.0 Å². The van der Waals surface area contributed by atoms with Crippen LogP contribution in [0.3, 0.4) is 0 Å². The fourth-order valence-electron chi connectivity index (χ4n) is 1.34. The number of hydrogen-bond acceptors (Lipinski definition) is 3. The summed E-state index contributed by atoms with van der Waals surface area (Å²) in [5, 5.41) is 8.46. The second-order valence-corrected chi connectivity index (χ2v) is 3.22. The lowest BCUT2D eigenvalue weighted by atomic mass is 10.2. The van der Waals surface area contributed by atoms with Crippen molar-refractivity contribution in [1.29, 1.82) is 5.26 Å². The van der Waals surface area contributed by atoms with Crippen LogP contribution in [0.1, 0.15) is 23.7 Å². The summed E-state index contributed by atoms with van der Waals surface area (Å²) in [7, 11) is 0. The van der Waals surface area contributed by atoms with Crippen LogP contribution in [0.5, 0.6) is 0 Å². The molecule has 5 nitrogen and oxygen atoms in total. The lowest BCUT2D eigenvalue weighted by Crippen LogP contribution is -2.34. The van der Waals surface area contributed by atoms with Crippen LogP contribution in [0.25, 0.3) is 0 Å². The van der Waals surface area contributed by atoms with E-state index in [0.29, 0.717) is 13.1 Å². The summed E-state index contributed by atoms with van der Waals surface area (Å²) in [5.74, 6) is -0.334. The van der Waals surface area contributed by atoms with Crippen LogP contribution in [-0.2, 0) is 0 Å². The Hall–Kier alpha value is -2.09. The molecule has 1 heterocycles. The van der Waals surface area contributed by atoms with Gasteiger partial charge in [-0.3, -0.25) is 9.59 Å². The maximum Gasteiger partial charge on any atom is 0.259 e. The van der Waals surface area contributed by atoms with Crippen molar-refractivity contribution in [3.05, 3.63) is 34.2 Å². The molecule has 1 N–H and O–H groups in total. The van der Waals surface area contributed by atoms with E-state index in [1.165, 1.54) is 23.4 Å². The van der Waals surface area contributed by atoms with Crippen molar-refractivity contribution < 1.29 is 4.79 Å². The van der Waals surface area contributed by atoms with E-state index in [1.54, 1.807) is 0 Å². The first kappa shape index (κ1) is 12.0. The van der Waals surface area contributed by atoms with E-state index >= 15 is 0 Å². The third-order valence-electron chi connectivity index (χ3n) is 2.22. The number of aromatic amines is 1. The van der Waals surface area contributed by atoms with Crippen LogP contribution in [0.15, 0.2) is 23.3 Å². The summed E-state index contributed by atoms with van der Waals surface area (Å²) in [5.41, 5.74) is -0.193. The van der Waals surface area contributed by atoms with Gasteiger partial charge in [0.25, 0.3) is 5.91 Å². The number of carbonyl (C=O) groups is 1. The van der Waals surface area contributed by atoms with E-state index in [2.05, 4.69) is 4.98 Å². The van der Waals surface area contributed by atoms with Crippen LogP contribution in [-0.4, -0.2) is 28.9 Å². The van der Waals surface area contributed by atoms with E-state index in [1.807, 2.05) is 13.0 Å². The molecule has 84 valence electrons. The SMILES string of the molecule is CCN(CCC#N)C(=O)c1c[nH]ccc1=O. The quantitative estimate of drug-likeness (QED) is 0.811. The van der Waals surface area contributed by atoms with Gasteiger partial charge >= 0.3 is 0 Å². The molecule has 0 saturated heterocycles. The molecular formula is C11H13N3O2. The summed E-state index contributed by atoms with van der Waals surface area (Å²) < 4.78 is 0. The van der Waals surface area contributed by atoms with Crippen molar-refractivity contribution in [2.75, 3.05) is 13.1 Å². The van der Waals surface area contributed by atoms with Crippen molar-refractivity contribution in [1.82, 2.24) is 9.88 Å².